The quantitative estimate of drug-likeness (QED) is 0.923. The molecule has 0 spiro atoms. The first-order valence-corrected chi connectivity index (χ1v) is 7.49. The van der Waals surface area contributed by atoms with Crippen LogP contribution in [-0.4, -0.2) is 11.7 Å². The van der Waals surface area contributed by atoms with Gasteiger partial charge in [-0.1, -0.05) is 44.2 Å². The number of benzene rings is 1. The largest absolute Gasteiger partial charge is 0.329 e. The first kappa shape index (κ1) is 14.1. The molecule has 0 bridgehead atoms. The van der Waals surface area contributed by atoms with Gasteiger partial charge in [-0.2, -0.15) is 0 Å². The van der Waals surface area contributed by atoms with Gasteiger partial charge < -0.3 is 5.32 Å². The lowest BCUT2D eigenvalue weighted by Crippen LogP contribution is -2.27. The van der Waals surface area contributed by atoms with E-state index < -0.39 is 0 Å². The molecule has 0 aliphatic heterocycles. The molecule has 3 nitrogen and oxygen atoms in total. The van der Waals surface area contributed by atoms with Crippen LogP contribution in [0.15, 0.2) is 41.6 Å². The third-order valence-corrected chi connectivity index (χ3v) is 4.99. The maximum atomic E-state index is 12.2. The van der Waals surface area contributed by atoms with Crippen LogP contribution in [0, 0.1) is 17.3 Å². The van der Waals surface area contributed by atoms with Crippen molar-refractivity contribution in [1.82, 2.24) is 5.32 Å². The van der Waals surface area contributed by atoms with Crippen LogP contribution in [0.1, 0.15) is 32.8 Å². The van der Waals surface area contributed by atoms with Gasteiger partial charge in [-0.3, -0.25) is 9.59 Å². The number of hydrogen-bond donors (Lipinski definition) is 1. The molecule has 1 fully saturated rings. The summed E-state index contributed by atoms with van der Waals surface area (Å²) in [4.78, 5) is 24.1. The van der Waals surface area contributed by atoms with Crippen molar-refractivity contribution in [3.05, 3.63) is 47.2 Å². The van der Waals surface area contributed by atoms with Crippen LogP contribution in [0.5, 0.6) is 0 Å². The molecule has 2 aliphatic rings. The lowest BCUT2D eigenvalue weighted by atomic mass is 9.96. The minimum Gasteiger partial charge on any atom is -0.329 e. The van der Waals surface area contributed by atoms with Gasteiger partial charge in [0.1, 0.15) is 0 Å². The Bertz CT molecular complexity index is 628. The second kappa shape index (κ2) is 4.83. The van der Waals surface area contributed by atoms with E-state index in [2.05, 4.69) is 19.2 Å². The smallest absolute Gasteiger partial charge is 0.228 e. The third-order valence-electron chi connectivity index (χ3n) is 4.99. The average molecular weight is 283 g/mol. The zero-order valence-electron chi connectivity index (χ0n) is 12.8. The van der Waals surface area contributed by atoms with Gasteiger partial charge in [-0.05, 0) is 36.2 Å². The molecule has 21 heavy (non-hydrogen) atoms. The predicted molar refractivity (Wildman–Crippen MR) is 81.4 cm³/mol. The molecule has 0 aromatic heterocycles. The number of fused-ring (bicyclic) bond motifs is 1. The van der Waals surface area contributed by atoms with Gasteiger partial charge >= 0.3 is 0 Å². The summed E-state index contributed by atoms with van der Waals surface area (Å²) in [6, 6.07) is 9.67. The van der Waals surface area contributed by atoms with Crippen LogP contribution in [0.25, 0.3) is 0 Å². The SMILES string of the molecule is CC(=O)C1=C(NC(=O)Cc2ccccc2)C[C@H]2[C@@H]1C2(C)C. The van der Waals surface area contributed by atoms with E-state index in [0.717, 1.165) is 23.3 Å². The highest BCUT2D eigenvalue weighted by Crippen LogP contribution is 2.68. The molecule has 1 amide bonds. The monoisotopic (exact) mass is 283 g/mol. The van der Waals surface area contributed by atoms with Crippen molar-refractivity contribution in [2.45, 2.75) is 33.6 Å². The minimum absolute atomic E-state index is 0.0333. The second-order valence-corrected chi connectivity index (χ2v) is 6.77. The number of carbonyl (C=O) groups is 2. The highest BCUT2D eigenvalue weighted by Gasteiger charge is 2.63. The molecule has 1 aromatic rings. The molecule has 0 radical (unpaired) electrons. The van der Waals surface area contributed by atoms with Crippen LogP contribution in [0.4, 0.5) is 0 Å². The van der Waals surface area contributed by atoms with E-state index >= 15 is 0 Å². The first-order chi connectivity index (χ1) is 9.91. The van der Waals surface area contributed by atoms with Crippen LogP contribution < -0.4 is 5.32 Å². The average Bonchev–Trinajstić information content (AvgIpc) is 2.79. The Morgan fingerprint density at radius 1 is 1.24 bits per heavy atom. The van der Waals surface area contributed by atoms with E-state index in [-0.39, 0.29) is 17.1 Å². The molecule has 2 aliphatic carbocycles. The van der Waals surface area contributed by atoms with Gasteiger partial charge in [0.25, 0.3) is 0 Å². The van der Waals surface area contributed by atoms with Crippen molar-refractivity contribution in [3.63, 3.8) is 0 Å². The topological polar surface area (TPSA) is 46.2 Å². The summed E-state index contributed by atoms with van der Waals surface area (Å²) in [5, 5.41) is 2.98. The molecule has 3 heteroatoms. The molecule has 3 rings (SSSR count). The number of carbonyl (C=O) groups excluding carboxylic acids is 2. The first-order valence-electron chi connectivity index (χ1n) is 7.49. The fourth-order valence-corrected chi connectivity index (χ4v) is 3.76. The molecule has 0 unspecified atom stereocenters. The van der Waals surface area contributed by atoms with Crippen molar-refractivity contribution >= 4 is 11.7 Å². The van der Waals surface area contributed by atoms with E-state index in [9.17, 15) is 9.59 Å². The summed E-state index contributed by atoms with van der Waals surface area (Å²) in [5.74, 6) is 0.919. The summed E-state index contributed by atoms with van der Waals surface area (Å²) < 4.78 is 0. The number of ketones is 1. The minimum atomic E-state index is -0.0333. The maximum Gasteiger partial charge on any atom is 0.228 e. The van der Waals surface area contributed by atoms with Crippen molar-refractivity contribution in [3.8, 4) is 0 Å². The van der Waals surface area contributed by atoms with Gasteiger partial charge in [0.15, 0.2) is 5.78 Å². The lowest BCUT2D eigenvalue weighted by molar-refractivity contribution is -0.119. The zero-order valence-corrected chi connectivity index (χ0v) is 12.8. The normalized spacial score (nSPS) is 25.5. The molecule has 0 heterocycles. The Balaban J connectivity index is 1.72. The molecule has 1 aromatic carbocycles. The Hall–Kier alpha value is -1.90. The van der Waals surface area contributed by atoms with Gasteiger partial charge in [0.05, 0.1) is 6.42 Å². The summed E-state index contributed by atoms with van der Waals surface area (Å²) >= 11 is 0. The molecule has 1 saturated carbocycles. The Morgan fingerprint density at radius 2 is 1.90 bits per heavy atom. The van der Waals surface area contributed by atoms with E-state index in [1.807, 2.05) is 30.3 Å². The summed E-state index contributed by atoms with van der Waals surface area (Å²) in [6.07, 6.45) is 1.18. The lowest BCUT2D eigenvalue weighted by Gasteiger charge is -2.15. The van der Waals surface area contributed by atoms with Crippen LogP contribution in [0.3, 0.4) is 0 Å². The molecular formula is C18H21NO2. The van der Waals surface area contributed by atoms with E-state index in [1.54, 1.807) is 6.92 Å². The molecule has 110 valence electrons. The van der Waals surface area contributed by atoms with E-state index in [4.69, 9.17) is 0 Å². The summed E-state index contributed by atoms with van der Waals surface area (Å²) in [5.41, 5.74) is 2.92. The van der Waals surface area contributed by atoms with Gasteiger partial charge in [-0.25, -0.2) is 0 Å². The van der Waals surface area contributed by atoms with Crippen molar-refractivity contribution in [2.24, 2.45) is 17.3 Å². The van der Waals surface area contributed by atoms with Crippen molar-refractivity contribution < 1.29 is 9.59 Å². The Labute approximate surface area is 125 Å². The maximum absolute atomic E-state index is 12.2. The van der Waals surface area contributed by atoms with E-state index in [0.29, 0.717) is 18.3 Å². The second-order valence-electron chi connectivity index (χ2n) is 6.77. The number of allylic oxidation sites excluding steroid dienone is 2. The van der Waals surface area contributed by atoms with E-state index in [1.165, 1.54) is 0 Å². The molecule has 2 atom stereocenters. The summed E-state index contributed by atoms with van der Waals surface area (Å²) in [6.45, 7) is 6.01. The highest BCUT2D eigenvalue weighted by molar-refractivity contribution is 5.97. The standard InChI is InChI=1S/C18H21NO2/c1-11(20)16-14(10-13-17(16)18(13,2)3)19-15(21)9-12-7-5-4-6-8-12/h4-8,13,17H,9-10H2,1-3H3,(H,19,21)/t13-,17-/m0/s1. The third kappa shape index (κ3) is 2.41. The molecule has 1 N–H and O–H groups in total. The van der Waals surface area contributed by atoms with Crippen LogP contribution in [-0.2, 0) is 16.0 Å². The van der Waals surface area contributed by atoms with Crippen molar-refractivity contribution in [1.29, 1.82) is 0 Å². The number of amides is 1. The highest BCUT2D eigenvalue weighted by atomic mass is 16.1. The van der Waals surface area contributed by atoms with Crippen LogP contribution >= 0.6 is 0 Å². The Morgan fingerprint density at radius 3 is 2.52 bits per heavy atom. The fraction of sp³-hybridized carbons (Fsp3) is 0.444. The number of Topliss-reactive ketones (excluding diaryl/α,β-unsaturated/α-hetero) is 1. The fourth-order valence-electron chi connectivity index (χ4n) is 3.76. The number of nitrogens with one attached hydrogen (secondary N) is 1. The van der Waals surface area contributed by atoms with Gasteiger partial charge in [0.2, 0.25) is 5.91 Å². The van der Waals surface area contributed by atoms with Crippen molar-refractivity contribution in [2.75, 3.05) is 0 Å². The number of rotatable bonds is 4. The summed E-state index contributed by atoms with van der Waals surface area (Å²) in [7, 11) is 0. The predicted octanol–water partition coefficient (Wildman–Crippen LogP) is 2.86. The Kier molecular flexibility index (Phi) is 3.23. The van der Waals surface area contributed by atoms with Gasteiger partial charge in [-0.15, -0.1) is 0 Å². The number of hydrogen-bond acceptors (Lipinski definition) is 2. The zero-order chi connectivity index (χ0) is 15.2. The molecular weight excluding hydrogens is 262 g/mol. The van der Waals surface area contributed by atoms with Gasteiger partial charge in [0, 0.05) is 11.3 Å². The molecule has 0 saturated heterocycles. The van der Waals surface area contributed by atoms with Crippen LogP contribution in [0.2, 0.25) is 0 Å².